The van der Waals surface area contributed by atoms with E-state index in [0.717, 1.165) is 52.5 Å². The van der Waals surface area contributed by atoms with Crippen LogP contribution in [-0.4, -0.2) is 68.9 Å². The predicted molar refractivity (Wildman–Crippen MR) is 136 cm³/mol. The van der Waals surface area contributed by atoms with Crippen molar-refractivity contribution in [3.05, 3.63) is 70.4 Å². The zero-order valence-corrected chi connectivity index (χ0v) is 19.9. The van der Waals surface area contributed by atoms with Crippen LogP contribution in [0.2, 0.25) is 0 Å². The van der Waals surface area contributed by atoms with Gasteiger partial charge in [-0.05, 0) is 49.7 Å². The largest absolute Gasteiger partial charge is 0.497 e. The third-order valence-electron chi connectivity index (χ3n) is 7.05. The van der Waals surface area contributed by atoms with Gasteiger partial charge in [-0.25, -0.2) is 0 Å². The lowest BCUT2D eigenvalue weighted by atomic mass is 10.0. The molecule has 7 heteroatoms. The number of likely N-dealkylation sites (tertiary alicyclic amines) is 1. The van der Waals surface area contributed by atoms with Gasteiger partial charge in [0.2, 0.25) is 0 Å². The highest BCUT2D eigenvalue weighted by molar-refractivity contribution is 5.79. The Bertz CT molecular complexity index is 1130. The first-order valence-electron chi connectivity index (χ1n) is 12.3. The Kier molecular flexibility index (Phi) is 7.13. The Morgan fingerprint density at radius 2 is 1.71 bits per heavy atom. The Morgan fingerprint density at radius 1 is 0.941 bits per heavy atom. The third kappa shape index (κ3) is 5.43. The van der Waals surface area contributed by atoms with Gasteiger partial charge in [-0.15, -0.1) is 0 Å². The molecule has 180 valence electrons. The Balaban J connectivity index is 1.07. The van der Waals surface area contributed by atoms with Crippen molar-refractivity contribution in [2.75, 3.05) is 57.9 Å². The maximum absolute atomic E-state index is 12.6. The van der Waals surface area contributed by atoms with Crippen LogP contribution in [0.4, 0.5) is 5.88 Å². The van der Waals surface area contributed by atoms with Crippen LogP contribution >= 0.6 is 0 Å². The lowest BCUT2D eigenvalue weighted by Gasteiger charge is -2.37. The summed E-state index contributed by atoms with van der Waals surface area (Å²) in [5.74, 6) is 1.32. The fraction of sp³-hybridized carbons (Fsp3) is 0.444. The van der Waals surface area contributed by atoms with Crippen molar-refractivity contribution in [1.82, 2.24) is 15.1 Å². The molecule has 0 radical (unpaired) electrons. The van der Waals surface area contributed by atoms with Crippen molar-refractivity contribution in [2.24, 2.45) is 0 Å². The highest BCUT2D eigenvalue weighted by Gasteiger charge is 2.22. The smallest absolute Gasteiger partial charge is 0.200 e. The second-order valence-corrected chi connectivity index (χ2v) is 9.31. The molecule has 0 atom stereocenters. The number of ether oxygens (including phenoxy) is 1. The van der Waals surface area contributed by atoms with E-state index in [2.05, 4.69) is 50.3 Å². The number of hydrogen-bond donors (Lipinski definition) is 1. The molecule has 0 spiro atoms. The number of nitrogens with one attached hydrogen (secondary N) is 1. The molecule has 3 heterocycles. The summed E-state index contributed by atoms with van der Waals surface area (Å²) in [5, 5.41) is 4.33. The first kappa shape index (κ1) is 22.9. The zero-order valence-electron chi connectivity index (χ0n) is 19.9. The van der Waals surface area contributed by atoms with Gasteiger partial charge in [0.1, 0.15) is 11.3 Å². The summed E-state index contributed by atoms with van der Waals surface area (Å²) >= 11 is 0. The number of nitrogens with zero attached hydrogens (tertiary/aromatic N) is 3. The number of hydrogen-bond acceptors (Lipinski definition) is 7. The monoisotopic (exact) mass is 462 g/mol. The molecule has 0 saturated carbocycles. The summed E-state index contributed by atoms with van der Waals surface area (Å²) in [6.45, 7) is 7.85. The summed E-state index contributed by atoms with van der Waals surface area (Å²) in [5.41, 5.74) is 1.97. The SMILES string of the molecule is COc1ccc2oc(N3CCN(CNC4CCN(Cc5ccccc5)CC4)CC3)cc(=O)c2c1. The quantitative estimate of drug-likeness (QED) is 0.579. The lowest BCUT2D eigenvalue weighted by molar-refractivity contribution is 0.165. The van der Waals surface area contributed by atoms with Crippen molar-refractivity contribution in [3.63, 3.8) is 0 Å². The van der Waals surface area contributed by atoms with E-state index in [1.165, 1.54) is 18.4 Å². The van der Waals surface area contributed by atoms with Gasteiger partial charge in [0.05, 0.1) is 12.5 Å². The Hall–Kier alpha value is -2.87. The van der Waals surface area contributed by atoms with Gasteiger partial charge in [-0.1, -0.05) is 30.3 Å². The summed E-state index contributed by atoms with van der Waals surface area (Å²) in [6.07, 6.45) is 2.39. The molecule has 0 bridgehead atoms. The Labute approximate surface area is 200 Å². The normalized spacial score (nSPS) is 18.4. The number of rotatable bonds is 7. The van der Waals surface area contributed by atoms with Gasteiger partial charge < -0.3 is 19.4 Å². The number of benzene rings is 2. The highest BCUT2D eigenvalue weighted by atomic mass is 16.5. The summed E-state index contributed by atoms with van der Waals surface area (Å²) in [6, 6.07) is 18.3. The molecule has 34 heavy (non-hydrogen) atoms. The fourth-order valence-corrected chi connectivity index (χ4v) is 4.93. The number of fused-ring (bicyclic) bond motifs is 1. The second-order valence-electron chi connectivity index (χ2n) is 9.31. The molecule has 0 aliphatic carbocycles. The minimum absolute atomic E-state index is 0.0298. The molecule has 0 amide bonds. The van der Waals surface area contributed by atoms with Crippen LogP contribution in [-0.2, 0) is 6.54 Å². The topological polar surface area (TPSA) is 61.2 Å². The first-order valence-corrected chi connectivity index (χ1v) is 12.3. The van der Waals surface area contributed by atoms with Crippen molar-refractivity contribution < 1.29 is 9.15 Å². The van der Waals surface area contributed by atoms with E-state index >= 15 is 0 Å². The van der Waals surface area contributed by atoms with E-state index in [9.17, 15) is 4.79 Å². The molecule has 0 unspecified atom stereocenters. The highest BCUT2D eigenvalue weighted by Crippen LogP contribution is 2.23. The van der Waals surface area contributed by atoms with Crippen LogP contribution in [0.15, 0.2) is 63.8 Å². The number of piperazine rings is 1. The lowest BCUT2D eigenvalue weighted by Crippen LogP contribution is -2.52. The van der Waals surface area contributed by atoms with Crippen LogP contribution in [0.25, 0.3) is 11.0 Å². The molecule has 1 N–H and O–H groups in total. The second kappa shape index (κ2) is 10.6. The molecular formula is C27H34N4O3. The maximum Gasteiger partial charge on any atom is 0.200 e. The molecule has 2 aliphatic rings. The molecule has 2 saturated heterocycles. The summed E-state index contributed by atoms with van der Waals surface area (Å²) < 4.78 is 11.3. The number of anilines is 1. The van der Waals surface area contributed by atoms with E-state index in [1.807, 2.05) is 12.1 Å². The predicted octanol–water partition coefficient (Wildman–Crippen LogP) is 3.14. The number of methoxy groups -OCH3 is 1. The fourth-order valence-electron chi connectivity index (χ4n) is 4.93. The average Bonchev–Trinajstić information content (AvgIpc) is 2.89. The van der Waals surface area contributed by atoms with Crippen molar-refractivity contribution in [3.8, 4) is 5.75 Å². The van der Waals surface area contributed by atoms with Crippen LogP contribution in [0.5, 0.6) is 5.75 Å². The minimum atomic E-state index is -0.0298. The van der Waals surface area contributed by atoms with Crippen molar-refractivity contribution >= 4 is 16.9 Å². The van der Waals surface area contributed by atoms with E-state index in [-0.39, 0.29) is 5.43 Å². The van der Waals surface area contributed by atoms with E-state index in [0.29, 0.717) is 28.6 Å². The van der Waals surface area contributed by atoms with Crippen LogP contribution < -0.4 is 20.4 Å². The molecule has 7 nitrogen and oxygen atoms in total. The van der Waals surface area contributed by atoms with Crippen molar-refractivity contribution in [1.29, 1.82) is 0 Å². The maximum atomic E-state index is 12.6. The van der Waals surface area contributed by atoms with E-state index in [1.54, 1.807) is 19.2 Å². The van der Waals surface area contributed by atoms with Gasteiger partial charge in [0.15, 0.2) is 11.3 Å². The van der Waals surface area contributed by atoms with Gasteiger partial charge >= 0.3 is 0 Å². The molecule has 2 fully saturated rings. The standard InChI is InChI=1S/C27H34N4O3/c1-33-23-7-8-26-24(17-23)25(32)18-27(34-26)31-15-13-30(14-16-31)20-28-22-9-11-29(12-10-22)19-21-5-3-2-4-6-21/h2-8,17-18,22,28H,9-16,19-20H2,1H3. The first-order chi connectivity index (χ1) is 16.7. The van der Waals surface area contributed by atoms with Crippen LogP contribution in [0, 0.1) is 0 Å². The van der Waals surface area contributed by atoms with Gasteiger partial charge in [-0.2, -0.15) is 0 Å². The van der Waals surface area contributed by atoms with Gasteiger partial charge in [0, 0.05) is 51.5 Å². The van der Waals surface area contributed by atoms with Crippen molar-refractivity contribution in [2.45, 2.75) is 25.4 Å². The van der Waals surface area contributed by atoms with Gasteiger partial charge in [0.25, 0.3) is 0 Å². The summed E-state index contributed by atoms with van der Waals surface area (Å²) in [4.78, 5) is 19.8. The van der Waals surface area contributed by atoms with Crippen LogP contribution in [0.1, 0.15) is 18.4 Å². The molecular weight excluding hydrogens is 428 g/mol. The third-order valence-corrected chi connectivity index (χ3v) is 7.05. The van der Waals surface area contributed by atoms with Gasteiger partial charge in [-0.3, -0.25) is 14.6 Å². The van der Waals surface area contributed by atoms with E-state index < -0.39 is 0 Å². The van der Waals surface area contributed by atoms with E-state index in [4.69, 9.17) is 9.15 Å². The molecule has 2 aromatic carbocycles. The average molecular weight is 463 g/mol. The molecule has 1 aromatic heterocycles. The zero-order chi connectivity index (χ0) is 23.3. The molecule has 3 aromatic rings. The van der Waals surface area contributed by atoms with Crippen LogP contribution in [0.3, 0.4) is 0 Å². The minimum Gasteiger partial charge on any atom is -0.497 e. The Morgan fingerprint density at radius 3 is 2.44 bits per heavy atom. The number of piperidine rings is 1. The summed E-state index contributed by atoms with van der Waals surface area (Å²) in [7, 11) is 1.60. The molecule has 2 aliphatic heterocycles. The molecule has 5 rings (SSSR count).